The number of hydrogen-bond acceptors (Lipinski definition) is 5. The fraction of sp³-hybridized carbons (Fsp3) is 0.550. The third-order valence-electron chi connectivity index (χ3n) is 5.71. The molecule has 0 spiro atoms. The van der Waals surface area contributed by atoms with Crippen LogP contribution in [0.3, 0.4) is 0 Å². The normalized spacial score (nSPS) is 27.1. The smallest absolute Gasteiger partial charge is 0.246 e. The molecule has 4 rings (SSSR count). The molecule has 2 bridgehead atoms. The molecule has 2 fully saturated rings. The van der Waals surface area contributed by atoms with Gasteiger partial charge in [0.1, 0.15) is 10.6 Å². The van der Waals surface area contributed by atoms with Crippen LogP contribution in [0.25, 0.3) is 0 Å². The van der Waals surface area contributed by atoms with E-state index in [9.17, 15) is 13.2 Å². The third kappa shape index (κ3) is 3.68. The Kier molecular flexibility index (Phi) is 5.44. The Morgan fingerprint density at radius 2 is 2.04 bits per heavy atom. The molecule has 28 heavy (non-hydrogen) atoms. The highest BCUT2D eigenvalue weighted by atomic mass is 32.2. The van der Waals surface area contributed by atoms with Crippen molar-refractivity contribution in [3.63, 3.8) is 0 Å². The number of ether oxygens (including phenoxy) is 2. The van der Waals surface area contributed by atoms with Gasteiger partial charge < -0.3 is 14.8 Å². The fourth-order valence-corrected chi connectivity index (χ4v) is 5.87. The van der Waals surface area contributed by atoms with Crippen LogP contribution in [0.15, 0.2) is 35.2 Å². The van der Waals surface area contributed by atoms with Crippen LogP contribution in [-0.4, -0.2) is 51.5 Å². The minimum atomic E-state index is -3.73. The lowest BCUT2D eigenvalue weighted by Crippen LogP contribution is -2.40. The lowest BCUT2D eigenvalue weighted by molar-refractivity contribution is -0.120. The van der Waals surface area contributed by atoms with E-state index < -0.39 is 10.0 Å². The number of anilines is 1. The number of carbonyl (C=O) groups is 1. The van der Waals surface area contributed by atoms with E-state index in [1.165, 1.54) is 10.4 Å². The SMILES string of the molecule is CCOc1ccc(NC(=O)[C@@H]2C[C@H]3C=C[C@H]2C3)cc1S(=O)(=O)N1CCOCC1. The van der Waals surface area contributed by atoms with Crippen LogP contribution in [0, 0.1) is 17.8 Å². The summed E-state index contributed by atoms with van der Waals surface area (Å²) in [4.78, 5) is 12.8. The van der Waals surface area contributed by atoms with Gasteiger partial charge in [0.2, 0.25) is 15.9 Å². The van der Waals surface area contributed by atoms with Gasteiger partial charge in [-0.3, -0.25) is 4.79 Å². The first-order chi connectivity index (χ1) is 13.5. The number of allylic oxidation sites excluding steroid dienone is 2. The highest BCUT2D eigenvalue weighted by Crippen LogP contribution is 2.44. The number of nitrogens with zero attached hydrogens (tertiary/aromatic N) is 1. The standard InChI is InChI=1S/C20H26N2O5S/c1-2-27-18-6-5-16(21-20(23)17-12-14-3-4-15(17)11-14)13-19(18)28(24,25)22-7-9-26-10-8-22/h3-6,13-15,17H,2,7-12H2,1H3,(H,21,23)/t14-,15-,17+/m0/s1. The van der Waals surface area contributed by atoms with Crippen molar-refractivity contribution in [2.24, 2.45) is 17.8 Å². The molecule has 0 aromatic heterocycles. The molecule has 1 amide bonds. The van der Waals surface area contributed by atoms with Crippen LogP contribution in [0.2, 0.25) is 0 Å². The number of hydrogen-bond donors (Lipinski definition) is 1. The summed E-state index contributed by atoms with van der Waals surface area (Å²) in [6.45, 7) is 3.52. The summed E-state index contributed by atoms with van der Waals surface area (Å²) in [6, 6.07) is 4.83. The summed E-state index contributed by atoms with van der Waals surface area (Å²) < 4.78 is 38.5. The van der Waals surface area contributed by atoms with E-state index in [1.54, 1.807) is 12.1 Å². The molecular formula is C20H26N2O5S. The van der Waals surface area contributed by atoms with Gasteiger partial charge >= 0.3 is 0 Å². The number of benzene rings is 1. The molecule has 1 saturated heterocycles. The number of morpholine rings is 1. The lowest BCUT2D eigenvalue weighted by Gasteiger charge is -2.27. The Labute approximate surface area is 165 Å². The van der Waals surface area contributed by atoms with Gasteiger partial charge in [-0.1, -0.05) is 12.2 Å². The summed E-state index contributed by atoms with van der Waals surface area (Å²) >= 11 is 0. The van der Waals surface area contributed by atoms with Gasteiger partial charge in [-0.05, 0) is 49.8 Å². The molecule has 152 valence electrons. The zero-order valence-corrected chi connectivity index (χ0v) is 16.8. The summed E-state index contributed by atoms with van der Waals surface area (Å²) in [5, 5.41) is 2.92. The summed E-state index contributed by atoms with van der Waals surface area (Å²) in [5.74, 6) is 1.01. The Morgan fingerprint density at radius 3 is 2.68 bits per heavy atom. The highest BCUT2D eigenvalue weighted by Gasteiger charge is 2.40. The average Bonchev–Trinajstić information content (AvgIpc) is 3.33. The van der Waals surface area contributed by atoms with E-state index in [0.29, 0.717) is 56.2 Å². The zero-order chi connectivity index (χ0) is 19.7. The molecule has 1 aliphatic heterocycles. The van der Waals surface area contributed by atoms with Crippen LogP contribution in [-0.2, 0) is 19.6 Å². The Balaban J connectivity index is 1.58. The molecule has 0 radical (unpaired) electrons. The molecule has 1 aromatic carbocycles. The molecule has 1 N–H and O–H groups in total. The van der Waals surface area contributed by atoms with Crippen molar-refractivity contribution < 1.29 is 22.7 Å². The first-order valence-corrected chi connectivity index (χ1v) is 11.3. The summed E-state index contributed by atoms with van der Waals surface area (Å²) in [5.41, 5.74) is 0.479. The van der Waals surface area contributed by atoms with Crippen molar-refractivity contribution in [3.8, 4) is 5.75 Å². The van der Waals surface area contributed by atoms with Crippen molar-refractivity contribution in [3.05, 3.63) is 30.4 Å². The summed E-state index contributed by atoms with van der Waals surface area (Å²) in [7, 11) is -3.73. The van der Waals surface area contributed by atoms with Crippen LogP contribution >= 0.6 is 0 Å². The lowest BCUT2D eigenvalue weighted by atomic mass is 9.93. The maximum absolute atomic E-state index is 13.1. The number of carbonyl (C=O) groups excluding carboxylic acids is 1. The largest absolute Gasteiger partial charge is 0.492 e. The Morgan fingerprint density at radius 1 is 1.25 bits per heavy atom. The predicted molar refractivity (Wildman–Crippen MR) is 105 cm³/mol. The van der Waals surface area contributed by atoms with Gasteiger partial charge in [-0.15, -0.1) is 0 Å². The number of sulfonamides is 1. The first kappa shape index (κ1) is 19.4. The van der Waals surface area contributed by atoms with Gasteiger partial charge in [0, 0.05) is 24.7 Å². The van der Waals surface area contributed by atoms with Crippen LogP contribution in [0.4, 0.5) is 5.69 Å². The highest BCUT2D eigenvalue weighted by molar-refractivity contribution is 7.89. The zero-order valence-electron chi connectivity index (χ0n) is 16.0. The van der Waals surface area contributed by atoms with E-state index >= 15 is 0 Å². The maximum atomic E-state index is 13.1. The minimum Gasteiger partial charge on any atom is -0.492 e. The quantitative estimate of drug-likeness (QED) is 0.733. The van der Waals surface area contributed by atoms with Crippen molar-refractivity contribution in [2.45, 2.75) is 24.7 Å². The number of amides is 1. The molecular weight excluding hydrogens is 380 g/mol. The average molecular weight is 407 g/mol. The fourth-order valence-electron chi connectivity index (χ4n) is 4.31. The molecule has 7 nitrogen and oxygen atoms in total. The molecule has 1 aromatic rings. The number of nitrogens with one attached hydrogen (secondary N) is 1. The first-order valence-electron chi connectivity index (χ1n) is 9.83. The van der Waals surface area contributed by atoms with Crippen molar-refractivity contribution in [1.82, 2.24) is 4.31 Å². The van der Waals surface area contributed by atoms with Gasteiger partial charge in [0.15, 0.2) is 0 Å². The number of fused-ring (bicyclic) bond motifs is 2. The molecule has 8 heteroatoms. The predicted octanol–water partition coefficient (Wildman–Crippen LogP) is 2.26. The van der Waals surface area contributed by atoms with E-state index in [2.05, 4.69) is 17.5 Å². The van der Waals surface area contributed by atoms with Crippen molar-refractivity contribution >= 4 is 21.6 Å². The topological polar surface area (TPSA) is 84.9 Å². The molecule has 1 saturated carbocycles. The molecule has 2 aliphatic carbocycles. The number of rotatable bonds is 6. The second-order valence-corrected chi connectivity index (χ2v) is 9.39. The van der Waals surface area contributed by atoms with Crippen molar-refractivity contribution in [1.29, 1.82) is 0 Å². The van der Waals surface area contributed by atoms with E-state index in [4.69, 9.17) is 9.47 Å². The van der Waals surface area contributed by atoms with Crippen molar-refractivity contribution in [2.75, 3.05) is 38.2 Å². The maximum Gasteiger partial charge on any atom is 0.246 e. The second kappa shape index (κ2) is 7.85. The van der Waals surface area contributed by atoms with E-state index in [0.717, 1.165) is 12.8 Å². The van der Waals surface area contributed by atoms with Crippen LogP contribution < -0.4 is 10.1 Å². The van der Waals surface area contributed by atoms with Gasteiger partial charge in [-0.25, -0.2) is 8.42 Å². The van der Waals surface area contributed by atoms with Gasteiger partial charge in [0.25, 0.3) is 0 Å². The van der Waals surface area contributed by atoms with Gasteiger partial charge in [-0.2, -0.15) is 4.31 Å². The van der Waals surface area contributed by atoms with E-state index in [-0.39, 0.29) is 16.7 Å². The Bertz CT molecular complexity index is 877. The molecule has 3 aliphatic rings. The molecule has 1 heterocycles. The Hall–Kier alpha value is -1.90. The monoisotopic (exact) mass is 406 g/mol. The summed E-state index contributed by atoms with van der Waals surface area (Å²) in [6.07, 6.45) is 6.23. The van der Waals surface area contributed by atoms with Crippen LogP contribution in [0.1, 0.15) is 19.8 Å². The molecule has 3 atom stereocenters. The van der Waals surface area contributed by atoms with E-state index in [1.807, 2.05) is 6.92 Å². The minimum absolute atomic E-state index is 0.0409. The van der Waals surface area contributed by atoms with Crippen LogP contribution in [0.5, 0.6) is 5.75 Å². The second-order valence-electron chi connectivity index (χ2n) is 7.49. The van der Waals surface area contributed by atoms with Gasteiger partial charge in [0.05, 0.1) is 19.8 Å². The third-order valence-corrected chi connectivity index (χ3v) is 7.63. The molecule has 0 unspecified atom stereocenters.